The maximum Gasteiger partial charge on any atom is 0.151 e. The second-order valence-corrected chi connectivity index (χ2v) is 2.96. The van der Waals surface area contributed by atoms with Crippen LogP contribution in [0.2, 0.25) is 0 Å². The van der Waals surface area contributed by atoms with Crippen LogP contribution < -0.4 is 10.6 Å². The summed E-state index contributed by atoms with van der Waals surface area (Å²) in [4.78, 5) is 2.11. The van der Waals surface area contributed by atoms with Crippen LogP contribution in [0, 0.1) is 6.92 Å². The van der Waals surface area contributed by atoms with Crippen LogP contribution in [0.25, 0.3) is 0 Å². The van der Waals surface area contributed by atoms with Crippen molar-refractivity contribution in [3.8, 4) is 0 Å². The normalized spacial score (nSPS) is 10.1. The summed E-state index contributed by atoms with van der Waals surface area (Å²) >= 11 is 0. The Bertz CT molecular complexity index is 262. The molecule has 0 unspecified atom stereocenters. The highest BCUT2D eigenvalue weighted by molar-refractivity contribution is 5.38. The smallest absolute Gasteiger partial charge is 0.151 e. The molecule has 1 heterocycles. The summed E-state index contributed by atoms with van der Waals surface area (Å²) in [5.41, 5.74) is 6.62. The first-order valence-electron chi connectivity index (χ1n) is 4.52. The van der Waals surface area contributed by atoms with E-state index >= 15 is 0 Å². The largest absolute Gasteiger partial charge is 0.354 e. The molecule has 0 aliphatic rings. The Morgan fingerprint density at radius 1 is 1.54 bits per heavy atom. The molecule has 2 N–H and O–H groups in total. The molecule has 0 aliphatic carbocycles. The molecular formula is C9H16N4. The number of aryl methyl sites for hydroxylation is 1. The Balaban J connectivity index is 2.78. The van der Waals surface area contributed by atoms with Crippen LogP contribution in [-0.4, -0.2) is 29.8 Å². The highest BCUT2D eigenvalue weighted by Crippen LogP contribution is 2.09. The quantitative estimate of drug-likeness (QED) is 0.736. The predicted octanol–water partition coefficient (Wildman–Crippen LogP) is 0.570. The van der Waals surface area contributed by atoms with E-state index in [0.717, 1.165) is 24.5 Å². The molecular weight excluding hydrogens is 164 g/mol. The lowest BCUT2D eigenvalue weighted by molar-refractivity contribution is 0.786. The van der Waals surface area contributed by atoms with Gasteiger partial charge in [-0.2, -0.15) is 5.10 Å². The molecule has 0 fully saturated rings. The van der Waals surface area contributed by atoms with E-state index in [4.69, 9.17) is 5.73 Å². The average Bonchev–Trinajstić information content (AvgIpc) is 2.14. The van der Waals surface area contributed by atoms with Gasteiger partial charge < -0.3 is 10.6 Å². The number of hydrogen-bond acceptors (Lipinski definition) is 4. The van der Waals surface area contributed by atoms with Crippen molar-refractivity contribution < 1.29 is 0 Å². The van der Waals surface area contributed by atoms with Crippen molar-refractivity contribution in [1.82, 2.24) is 10.2 Å². The van der Waals surface area contributed by atoms with Crippen molar-refractivity contribution in [3.63, 3.8) is 0 Å². The van der Waals surface area contributed by atoms with Crippen LogP contribution in [-0.2, 0) is 0 Å². The first-order chi connectivity index (χ1) is 6.27. The monoisotopic (exact) mass is 180 g/mol. The second-order valence-electron chi connectivity index (χ2n) is 2.96. The van der Waals surface area contributed by atoms with E-state index in [1.165, 1.54) is 0 Å². The lowest BCUT2D eigenvalue weighted by atomic mass is 10.3. The summed E-state index contributed by atoms with van der Waals surface area (Å²) in [6.45, 7) is 6.47. The highest BCUT2D eigenvalue weighted by atomic mass is 15.3. The van der Waals surface area contributed by atoms with E-state index in [-0.39, 0.29) is 0 Å². The molecule has 4 heteroatoms. The van der Waals surface area contributed by atoms with Crippen molar-refractivity contribution >= 4 is 5.82 Å². The molecule has 0 aromatic carbocycles. The van der Waals surface area contributed by atoms with Crippen molar-refractivity contribution in [1.29, 1.82) is 0 Å². The number of likely N-dealkylation sites (N-methyl/N-ethyl adjacent to an activating group) is 1. The topological polar surface area (TPSA) is 55.0 Å². The number of anilines is 1. The van der Waals surface area contributed by atoms with Crippen molar-refractivity contribution in [2.75, 3.05) is 24.5 Å². The average molecular weight is 180 g/mol. The van der Waals surface area contributed by atoms with Gasteiger partial charge in [-0.15, -0.1) is 5.10 Å². The first kappa shape index (κ1) is 9.92. The van der Waals surface area contributed by atoms with E-state index in [9.17, 15) is 0 Å². The van der Waals surface area contributed by atoms with Gasteiger partial charge in [0.2, 0.25) is 0 Å². The van der Waals surface area contributed by atoms with Gasteiger partial charge in [0.15, 0.2) is 5.82 Å². The van der Waals surface area contributed by atoms with Crippen LogP contribution in [0.1, 0.15) is 12.5 Å². The van der Waals surface area contributed by atoms with Crippen LogP contribution in [0.15, 0.2) is 12.3 Å². The minimum atomic E-state index is 0.642. The van der Waals surface area contributed by atoms with Gasteiger partial charge in [0.1, 0.15) is 0 Å². The fourth-order valence-electron chi connectivity index (χ4n) is 1.19. The third kappa shape index (κ3) is 2.66. The summed E-state index contributed by atoms with van der Waals surface area (Å²) < 4.78 is 0. The number of hydrogen-bond donors (Lipinski definition) is 1. The van der Waals surface area contributed by atoms with Crippen LogP contribution >= 0.6 is 0 Å². The fourth-order valence-corrected chi connectivity index (χ4v) is 1.19. The number of nitrogens with zero attached hydrogens (tertiary/aromatic N) is 3. The zero-order valence-corrected chi connectivity index (χ0v) is 8.20. The minimum Gasteiger partial charge on any atom is -0.354 e. The van der Waals surface area contributed by atoms with Crippen LogP contribution in [0.3, 0.4) is 0 Å². The summed E-state index contributed by atoms with van der Waals surface area (Å²) in [5.74, 6) is 0.910. The molecule has 1 rings (SSSR count). The highest BCUT2D eigenvalue weighted by Gasteiger charge is 2.04. The van der Waals surface area contributed by atoms with Gasteiger partial charge in [0.25, 0.3) is 0 Å². The lowest BCUT2D eigenvalue weighted by Crippen LogP contribution is -2.30. The molecule has 13 heavy (non-hydrogen) atoms. The first-order valence-corrected chi connectivity index (χ1v) is 4.52. The van der Waals surface area contributed by atoms with E-state index in [1.807, 2.05) is 13.0 Å². The van der Waals surface area contributed by atoms with Gasteiger partial charge in [-0.05, 0) is 25.5 Å². The Morgan fingerprint density at radius 3 is 2.85 bits per heavy atom. The van der Waals surface area contributed by atoms with Gasteiger partial charge in [-0.3, -0.25) is 0 Å². The van der Waals surface area contributed by atoms with E-state index in [2.05, 4.69) is 22.0 Å². The van der Waals surface area contributed by atoms with Crippen molar-refractivity contribution in [3.05, 3.63) is 17.8 Å². The Hall–Kier alpha value is -1.16. The summed E-state index contributed by atoms with van der Waals surface area (Å²) in [7, 11) is 0. The number of aromatic nitrogens is 2. The molecule has 0 spiro atoms. The predicted molar refractivity (Wildman–Crippen MR) is 53.7 cm³/mol. The van der Waals surface area contributed by atoms with Crippen LogP contribution in [0.5, 0.6) is 0 Å². The Morgan fingerprint density at radius 2 is 2.31 bits per heavy atom. The maximum absolute atomic E-state index is 5.49. The fraction of sp³-hybridized carbons (Fsp3) is 0.556. The molecule has 0 radical (unpaired) electrons. The molecule has 1 aromatic heterocycles. The molecule has 0 saturated heterocycles. The van der Waals surface area contributed by atoms with Crippen LogP contribution in [0.4, 0.5) is 5.82 Å². The second kappa shape index (κ2) is 4.77. The summed E-state index contributed by atoms with van der Waals surface area (Å²) in [5, 5.41) is 7.95. The minimum absolute atomic E-state index is 0.642. The third-order valence-corrected chi connectivity index (χ3v) is 1.88. The Kier molecular flexibility index (Phi) is 3.64. The van der Waals surface area contributed by atoms with Gasteiger partial charge in [0, 0.05) is 19.6 Å². The van der Waals surface area contributed by atoms with E-state index < -0.39 is 0 Å². The van der Waals surface area contributed by atoms with Crippen molar-refractivity contribution in [2.24, 2.45) is 5.73 Å². The summed E-state index contributed by atoms with van der Waals surface area (Å²) in [6.07, 6.45) is 1.75. The molecule has 0 saturated carbocycles. The molecule has 0 bridgehead atoms. The molecule has 1 aromatic rings. The lowest BCUT2D eigenvalue weighted by Gasteiger charge is -2.20. The number of nitrogens with two attached hydrogens (primary N) is 1. The SMILES string of the molecule is CCN(CCN)c1cc(C)cnn1. The number of rotatable bonds is 4. The Labute approximate surface area is 78.8 Å². The van der Waals surface area contributed by atoms with Gasteiger partial charge >= 0.3 is 0 Å². The van der Waals surface area contributed by atoms with Crippen molar-refractivity contribution in [2.45, 2.75) is 13.8 Å². The molecule has 0 aliphatic heterocycles. The molecule has 4 nitrogen and oxygen atoms in total. The summed E-state index contributed by atoms with van der Waals surface area (Å²) in [6, 6.07) is 2.02. The van der Waals surface area contributed by atoms with E-state index in [1.54, 1.807) is 6.20 Å². The zero-order chi connectivity index (χ0) is 9.68. The molecule has 0 atom stereocenters. The molecule has 72 valence electrons. The third-order valence-electron chi connectivity index (χ3n) is 1.88. The van der Waals surface area contributed by atoms with E-state index in [0.29, 0.717) is 6.54 Å². The van der Waals surface area contributed by atoms with Gasteiger partial charge in [-0.1, -0.05) is 0 Å². The van der Waals surface area contributed by atoms with Gasteiger partial charge in [0.05, 0.1) is 6.20 Å². The molecule has 0 amide bonds. The zero-order valence-electron chi connectivity index (χ0n) is 8.20. The van der Waals surface area contributed by atoms with Gasteiger partial charge in [-0.25, -0.2) is 0 Å². The standard InChI is InChI=1S/C9H16N4/c1-3-13(5-4-10)9-6-8(2)7-11-12-9/h6-7H,3-5,10H2,1-2H3. The maximum atomic E-state index is 5.49.